The van der Waals surface area contributed by atoms with Crippen LogP contribution in [0.15, 0.2) is 42.5 Å². The zero-order valence-electron chi connectivity index (χ0n) is 17.2. The summed E-state index contributed by atoms with van der Waals surface area (Å²) in [5.41, 5.74) is 2.82. The number of aryl methyl sites for hydroxylation is 2. The molecule has 1 heterocycles. The van der Waals surface area contributed by atoms with Crippen molar-refractivity contribution in [3.63, 3.8) is 0 Å². The molecule has 0 bridgehead atoms. The Bertz CT molecular complexity index is 869. The average Bonchev–Trinajstić information content (AvgIpc) is 2.71. The molecule has 2 N–H and O–H groups in total. The van der Waals surface area contributed by atoms with Gasteiger partial charge in [0.05, 0.1) is 6.42 Å². The first-order valence-electron chi connectivity index (χ1n) is 9.93. The van der Waals surface area contributed by atoms with Crippen molar-refractivity contribution in [3.05, 3.63) is 64.2 Å². The molecule has 1 aliphatic rings. The minimum atomic E-state index is -0.869. The zero-order chi connectivity index (χ0) is 21.0. The highest BCUT2D eigenvalue weighted by Crippen LogP contribution is 2.29. The second kappa shape index (κ2) is 8.97. The number of anilines is 1. The lowest BCUT2D eigenvalue weighted by Crippen LogP contribution is -2.62. The van der Waals surface area contributed by atoms with E-state index in [-0.39, 0.29) is 18.2 Å². The van der Waals surface area contributed by atoms with Gasteiger partial charge in [-0.05, 0) is 80.7 Å². The maximum atomic E-state index is 13.3. The Morgan fingerprint density at radius 2 is 1.69 bits per heavy atom. The molecule has 0 saturated carbocycles. The van der Waals surface area contributed by atoms with Crippen LogP contribution in [0.2, 0.25) is 5.02 Å². The van der Waals surface area contributed by atoms with E-state index in [1.165, 1.54) is 0 Å². The molecule has 1 aliphatic heterocycles. The Morgan fingerprint density at radius 3 is 2.28 bits per heavy atom. The topological polar surface area (TPSA) is 61.4 Å². The van der Waals surface area contributed by atoms with E-state index in [1.54, 1.807) is 11.9 Å². The Morgan fingerprint density at radius 1 is 1.10 bits per heavy atom. The number of para-hydroxylation sites is 1. The van der Waals surface area contributed by atoms with Crippen LogP contribution in [0.3, 0.4) is 0 Å². The number of likely N-dealkylation sites (N-methyl/N-ethyl adjacent to an activating group) is 1. The fraction of sp³-hybridized carbons (Fsp3) is 0.391. The molecule has 0 aliphatic carbocycles. The molecule has 0 aromatic heterocycles. The van der Waals surface area contributed by atoms with E-state index in [0.717, 1.165) is 22.4 Å². The van der Waals surface area contributed by atoms with Crippen molar-refractivity contribution in [1.29, 1.82) is 0 Å². The number of nitrogens with zero attached hydrogens (tertiary/aromatic N) is 1. The van der Waals surface area contributed by atoms with Crippen LogP contribution in [0.4, 0.5) is 5.69 Å². The van der Waals surface area contributed by atoms with E-state index in [4.69, 9.17) is 11.6 Å². The Kier molecular flexibility index (Phi) is 6.60. The quantitative estimate of drug-likeness (QED) is 0.785. The number of rotatable bonds is 5. The molecule has 2 aromatic carbocycles. The van der Waals surface area contributed by atoms with Crippen molar-refractivity contribution >= 4 is 29.1 Å². The first-order chi connectivity index (χ1) is 13.8. The lowest BCUT2D eigenvalue weighted by Gasteiger charge is -2.43. The van der Waals surface area contributed by atoms with Crippen LogP contribution in [0.5, 0.6) is 0 Å². The molecule has 0 spiro atoms. The Balaban J connectivity index is 1.84. The molecule has 5 nitrogen and oxygen atoms in total. The first-order valence-corrected chi connectivity index (χ1v) is 10.3. The number of nitrogens with one attached hydrogen (secondary N) is 2. The number of carbonyl (C=O) groups is 2. The summed E-state index contributed by atoms with van der Waals surface area (Å²) < 4.78 is 0. The van der Waals surface area contributed by atoms with Crippen LogP contribution in [0, 0.1) is 13.8 Å². The summed E-state index contributed by atoms with van der Waals surface area (Å²) in [6.45, 7) is 5.31. The molecule has 2 aromatic rings. The molecule has 2 amide bonds. The van der Waals surface area contributed by atoms with Crippen LogP contribution < -0.4 is 10.6 Å². The normalized spacial score (nSPS) is 15.6. The van der Waals surface area contributed by atoms with E-state index < -0.39 is 5.54 Å². The van der Waals surface area contributed by atoms with Crippen LogP contribution >= 0.6 is 11.6 Å². The van der Waals surface area contributed by atoms with Gasteiger partial charge in [0.1, 0.15) is 5.54 Å². The van der Waals surface area contributed by atoms with Gasteiger partial charge in [-0.25, -0.2) is 0 Å². The zero-order valence-corrected chi connectivity index (χ0v) is 18.0. The van der Waals surface area contributed by atoms with E-state index in [1.807, 2.05) is 56.3 Å². The van der Waals surface area contributed by atoms with Gasteiger partial charge < -0.3 is 15.5 Å². The van der Waals surface area contributed by atoms with Crippen molar-refractivity contribution < 1.29 is 9.59 Å². The van der Waals surface area contributed by atoms with E-state index in [0.29, 0.717) is 31.0 Å². The average molecular weight is 414 g/mol. The SMILES string of the molecule is Cc1cc(Cl)cc(C)c1CC(=O)N(C)C1(C(=O)Nc2ccccc2)CCNCC1. The molecular formula is C23H28ClN3O2. The van der Waals surface area contributed by atoms with Crippen molar-refractivity contribution in [3.8, 4) is 0 Å². The number of hydrogen-bond donors (Lipinski definition) is 2. The summed E-state index contributed by atoms with van der Waals surface area (Å²) in [5.74, 6) is -0.200. The molecule has 29 heavy (non-hydrogen) atoms. The summed E-state index contributed by atoms with van der Waals surface area (Å²) in [4.78, 5) is 28.2. The van der Waals surface area contributed by atoms with E-state index in [2.05, 4.69) is 10.6 Å². The van der Waals surface area contributed by atoms with E-state index in [9.17, 15) is 9.59 Å². The van der Waals surface area contributed by atoms with Crippen molar-refractivity contribution in [2.75, 3.05) is 25.5 Å². The molecule has 0 unspecified atom stereocenters. The molecule has 154 valence electrons. The monoisotopic (exact) mass is 413 g/mol. The molecule has 0 radical (unpaired) electrons. The predicted octanol–water partition coefficient (Wildman–Crippen LogP) is 3.72. The maximum absolute atomic E-state index is 13.3. The third kappa shape index (κ3) is 4.62. The second-order valence-corrected chi connectivity index (χ2v) is 8.19. The van der Waals surface area contributed by atoms with Gasteiger partial charge in [0, 0.05) is 17.8 Å². The molecule has 6 heteroatoms. The van der Waals surface area contributed by atoms with Crippen molar-refractivity contribution in [2.45, 2.75) is 38.6 Å². The number of carbonyl (C=O) groups excluding carboxylic acids is 2. The number of benzene rings is 2. The van der Waals surface area contributed by atoms with Crippen LogP contribution in [0.1, 0.15) is 29.5 Å². The summed E-state index contributed by atoms with van der Waals surface area (Å²) in [7, 11) is 1.75. The summed E-state index contributed by atoms with van der Waals surface area (Å²) in [5, 5.41) is 6.97. The lowest BCUT2D eigenvalue weighted by atomic mass is 9.84. The third-order valence-electron chi connectivity index (χ3n) is 5.89. The van der Waals surface area contributed by atoms with Crippen molar-refractivity contribution in [2.24, 2.45) is 0 Å². The minimum absolute atomic E-state index is 0.0661. The van der Waals surface area contributed by atoms with Gasteiger partial charge in [-0.3, -0.25) is 9.59 Å². The highest BCUT2D eigenvalue weighted by molar-refractivity contribution is 6.30. The van der Waals surface area contributed by atoms with Crippen LogP contribution in [-0.4, -0.2) is 42.4 Å². The standard InChI is InChI=1S/C23H28ClN3O2/c1-16-13-18(24)14-17(2)20(16)15-21(28)27(3)23(9-11-25-12-10-23)22(29)26-19-7-5-4-6-8-19/h4-8,13-14,25H,9-12,15H2,1-3H3,(H,26,29). The largest absolute Gasteiger partial charge is 0.331 e. The molecule has 3 rings (SSSR count). The van der Waals surface area contributed by atoms with Gasteiger partial charge in [-0.15, -0.1) is 0 Å². The predicted molar refractivity (Wildman–Crippen MR) is 117 cm³/mol. The van der Waals surface area contributed by atoms with Gasteiger partial charge in [0.2, 0.25) is 11.8 Å². The summed E-state index contributed by atoms with van der Waals surface area (Å²) in [6, 6.07) is 13.1. The Labute approximate surface area is 177 Å². The third-order valence-corrected chi connectivity index (χ3v) is 6.11. The minimum Gasteiger partial charge on any atom is -0.331 e. The second-order valence-electron chi connectivity index (χ2n) is 7.75. The summed E-state index contributed by atoms with van der Waals surface area (Å²) in [6.07, 6.45) is 1.40. The number of hydrogen-bond acceptors (Lipinski definition) is 3. The van der Waals surface area contributed by atoms with Gasteiger partial charge in [0.25, 0.3) is 0 Å². The number of amides is 2. The van der Waals surface area contributed by atoms with Gasteiger partial charge in [-0.1, -0.05) is 29.8 Å². The maximum Gasteiger partial charge on any atom is 0.250 e. The van der Waals surface area contributed by atoms with Gasteiger partial charge >= 0.3 is 0 Å². The van der Waals surface area contributed by atoms with Crippen LogP contribution in [-0.2, 0) is 16.0 Å². The summed E-state index contributed by atoms with van der Waals surface area (Å²) >= 11 is 6.13. The smallest absolute Gasteiger partial charge is 0.250 e. The number of piperidine rings is 1. The van der Waals surface area contributed by atoms with Gasteiger partial charge in [-0.2, -0.15) is 0 Å². The molecular weight excluding hydrogens is 386 g/mol. The molecule has 0 atom stereocenters. The first kappa shape index (κ1) is 21.3. The highest BCUT2D eigenvalue weighted by Gasteiger charge is 2.45. The lowest BCUT2D eigenvalue weighted by molar-refractivity contribution is -0.144. The Hall–Kier alpha value is -2.37. The molecule has 1 fully saturated rings. The fourth-order valence-electron chi connectivity index (χ4n) is 4.05. The van der Waals surface area contributed by atoms with E-state index >= 15 is 0 Å². The number of halogens is 1. The van der Waals surface area contributed by atoms with Crippen LogP contribution in [0.25, 0.3) is 0 Å². The molecule has 1 saturated heterocycles. The van der Waals surface area contributed by atoms with Gasteiger partial charge in [0.15, 0.2) is 0 Å². The van der Waals surface area contributed by atoms with Crippen molar-refractivity contribution in [1.82, 2.24) is 10.2 Å². The highest BCUT2D eigenvalue weighted by atomic mass is 35.5. The fourth-order valence-corrected chi connectivity index (χ4v) is 4.38.